The van der Waals surface area contributed by atoms with Crippen LogP contribution in [0.1, 0.15) is 22.3 Å². The SMILES string of the molecule is c1ccc2c(c1)-c1ccccc1C21c2ccccc2-c2ccc(-c3ccc4c5c(cccc35)-c3cc(-c5cccc6oc7c8ccccc8ccc7c56)ccc3O4)cc21. The Morgan fingerprint density at radius 2 is 0.915 bits per heavy atom. The van der Waals surface area contributed by atoms with E-state index in [0.717, 1.165) is 60.9 Å². The standard InChI is InChI=1S/C57H32O2/c1-2-12-38-33(11-1)23-27-45-54-37(16-10-22-52(54)59-56(38)45)34-25-29-51-46(31-34)44-18-9-17-43-36(28-30-53(58-51)55(43)44)35-24-26-42-41-15-5-8-21-49(41)57(50(42)32-35)47-19-6-3-13-39(47)40-14-4-7-20-48(40)57/h1-32H. The summed E-state index contributed by atoms with van der Waals surface area (Å²) in [7, 11) is 0. The van der Waals surface area contributed by atoms with Gasteiger partial charge in [-0.05, 0) is 119 Å². The molecule has 10 aromatic carbocycles. The van der Waals surface area contributed by atoms with E-state index in [1.165, 1.54) is 72.0 Å². The van der Waals surface area contributed by atoms with Gasteiger partial charge in [-0.1, -0.05) is 158 Å². The smallest absolute Gasteiger partial charge is 0.143 e. The van der Waals surface area contributed by atoms with Crippen molar-refractivity contribution >= 4 is 43.5 Å². The van der Waals surface area contributed by atoms with Crippen molar-refractivity contribution in [3.8, 4) is 67.1 Å². The molecule has 3 aliphatic rings. The number of hydrogen-bond acceptors (Lipinski definition) is 2. The molecule has 0 saturated heterocycles. The molecule has 0 unspecified atom stereocenters. The van der Waals surface area contributed by atoms with Gasteiger partial charge >= 0.3 is 0 Å². The fourth-order valence-electron chi connectivity index (χ4n) is 11.1. The van der Waals surface area contributed by atoms with Crippen molar-refractivity contribution in [2.24, 2.45) is 0 Å². The van der Waals surface area contributed by atoms with Crippen LogP contribution in [-0.2, 0) is 5.41 Å². The number of furan rings is 1. The summed E-state index contributed by atoms with van der Waals surface area (Å²) in [5.41, 5.74) is 19.0. The van der Waals surface area contributed by atoms with E-state index in [0.29, 0.717) is 0 Å². The minimum Gasteiger partial charge on any atom is -0.456 e. The first-order chi connectivity index (χ1) is 29.3. The third-order valence-electron chi connectivity index (χ3n) is 13.5. The van der Waals surface area contributed by atoms with E-state index in [4.69, 9.17) is 9.15 Å². The first kappa shape index (κ1) is 31.4. The van der Waals surface area contributed by atoms with E-state index in [2.05, 4.69) is 194 Å². The Hall–Kier alpha value is -7.68. The van der Waals surface area contributed by atoms with Gasteiger partial charge in [0.15, 0.2) is 0 Å². The van der Waals surface area contributed by atoms with Crippen LogP contribution in [0.2, 0.25) is 0 Å². The van der Waals surface area contributed by atoms with Crippen LogP contribution in [-0.4, -0.2) is 0 Å². The summed E-state index contributed by atoms with van der Waals surface area (Å²) in [6, 6.07) is 71.2. The highest BCUT2D eigenvalue weighted by Gasteiger charge is 2.51. The van der Waals surface area contributed by atoms with Gasteiger partial charge in [-0.3, -0.25) is 0 Å². The third-order valence-corrected chi connectivity index (χ3v) is 13.5. The Kier molecular flexibility index (Phi) is 5.99. The maximum absolute atomic E-state index is 6.77. The summed E-state index contributed by atoms with van der Waals surface area (Å²) in [5.74, 6) is 1.76. The Balaban J connectivity index is 0.954. The highest BCUT2D eigenvalue weighted by molar-refractivity contribution is 6.19. The zero-order valence-electron chi connectivity index (χ0n) is 31.8. The highest BCUT2D eigenvalue weighted by Crippen LogP contribution is 2.63. The number of benzene rings is 10. The summed E-state index contributed by atoms with van der Waals surface area (Å²) in [6.07, 6.45) is 0. The van der Waals surface area contributed by atoms with Crippen molar-refractivity contribution in [2.45, 2.75) is 5.41 Å². The summed E-state index contributed by atoms with van der Waals surface area (Å²) in [6.45, 7) is 0. The molecule has 0 saturated carbocycles. The molecule has 0 atom stereocenters. The van der Waals surface area contributed by atoms with Gasteiger partial charge in [-0.15, -0.1) is 0 Å². The molecular weight excluding hydrogens is 717 g/mol. The molecule has 0 fully saturated rings. The van der Waals surface area contributed by atoms with Gasteiger partial charge in [-0.25, -0.2) is 0 Å². The van der Waals surface area contributed by atoms with Crippen LogP contribution in [0.4, 0.5) is 0 Å². The van der Waals surface area contributed by atoms with Gasteiger partial charge in [0.2, 0.25) is 0 Å². The monoisotopic (exact) mass is 748 g/mol. The van der Waals surface area contributed by atoms with Crippen LogP contribution >= 0.6 is 0 Å². The normalized spacial score (nSPS) is 13.7. The minimum absolute atomic E-state index is 0.393. The molecule has 2 aliphatic carbocycles. The molecule has 0 radical (unpaired) electrons. The van der Waals surface area contributed by atoms with Crippen LogP contribution in [0.15, 0.2) is 199 Å². The van der Waals surface area contributed by atoms with Crippen molar-refractivity contribution in [3.63, 3.8) is 0 Å². The van der Waals surface area contributed by atoms with Crippen molar-refractivity contribution in [3.05, 3.63) is 216 Å². The zero-order chi connectivity index (χ0) is 38.4. The first-order valence-corrected chi connectivity index (χ1v) is 20.4. The van der Waals surface area contributed by atoms with E-state index >= 15 is 0 Å². The molecule has 1 aliphatic heterocycles. The lowest BCUT2D eigenvalue weighted by Crippen LogP contribution is -2.25. The zero-order valence-corrected chi connectivity index (χ0v) is 31.8. The Bertz CT molecular complexity index is 3590. The van der Waals surface area contributed by atoms with Crippen molar-refractivity contribution in [1.29, 1.82) is 0 Å². The van der Waals surface area contributed by atoms with E-state index in [9.17, 15) is 0 Å². The predicted octanol–water partition coefficient (Wildman–Crippen LogP) is 15.3. The lowest BCUT2D eigenvalue weighted by molar-refractivity contribution is 0.487. The molecular formula is C57H32O2. The van der Waals surface area contributed by atoms with Crippen LogP contribution in [0.3, 0.4) is 0 Å². The fourth-order valence-corrected chi connectivity index (χ4v) is 11.1. The number of hydrogen-bond donors (Lipinski definition) is 0. The Morgan fingerprint density at radius 3 is 1.71 bits per heavy atom. The predicted molar refractivity (Wildman–Crippen MR) is 241 cm³/mol. The summed E-state index contributed by atoms with van der Waals surface area (Å²) in [4.78, 5) is 0. The molecule has 2 heterocycles. The summed E-state index contributed by atoms with van der Waals surface area (Å²) < 4.78 is 13.3. The summed E-state index contributed by atoms with van der Waals surface area (Å²) >= 11 is 0. The first-order valence-electron chi connectivity index (χ1n) is 20.4. The highest BCUT2D eigenvalue weighted by atomic mass is 16.5. The van der Waals surface area contributed by atoms with Crippen molar-refractivity contribution < 1.29 is 9.15 Å². The van der Waals surface area contributed by atoms with Crippen LogP contribution in [0.5, 0.6) is 11.5 Å². The van der Waals surface area contributed by atoms with E-state index in [1.807, 2.05) is 0 Å². The minimum atomic E-state index is -0.393. The molecule has 272 valence electrons. The maximum Gasteiger partial charge on any atom is 0.143 e. The topological polar surface area (TPSA) is 22.4 Å². The number of ether oxygens (including phenoxy) is 1. The molecule has 0 amide bonds. The van der Waals surface area contributed by atoms with Gasteiger partial charge in [0.1, 0.15) is 22.7 Å². The lowest BCUT2D eigenvalue weighted by atomic mass is 9.70. The molecule has 59 heavy (non-hydrogen) atoms. The molecule has 0 N–H and O–H groups in total. The van der Waals surface area contributed by atoms with E-state index < -0.39 is 5.41 Å². The second-order valence-electron chi connectivity index (χ2n) is 16.2. The van der Waals surface area contributed by atoms with Crippen LogP contribution < -0.4 is 4.74 Å². The van der Waals surface area contributed by atoms with Gasteiger partial charge < -0.3 is 9.15 Å². The third kappa shape index (κ3) is 3.96. The molecule has 0 bridgehead atoms. The Labute approximate surface area is 340 Å². The fraction of sp³-hybridized carbons (Fsp3) is 0.0175. The largest absolute Gasteiger partial charge is 0.456 e. The molecule has 2 heteroatoms. The van der Waals surface area contributed by atoms with E-state index in [-0.39, 0.29) is 0 Å². The van der Waals surface area contributed by atoms with Crippen LogP contribution in [0, 0.1) is 0 Å². The van der Waals surface area contributed by atoms with E-state index in [1.54, 1.807) is 0 Å². The molecule has 11 aromatic rings. The van der Waals surface area contributed by atoms with Gasteiger partial charge in [0.25, 0.3) is 0 Å². The second-order valence-corrected chi connectivity index (χ2v) is 16.2. The maximum atomic E-state index is 6.77. The van der Waals surface area contributed by atoms with Crippen molar-refractivity contribution in [1.82, 2.24) is 0 Å². The van der Waals surface area contributed by atoms with Gasteiger partial charge in [0.05, 0.1) is 5.41 Å². The second kappa shape index (κ2) is 11.2. The average Bonchev–Trinajstić information content (AvgIpc) is 3.93. The van der Waals surface area contributed by atoms with Crippen LogP contribution in [0.25, 0.3) is 99.1 Å². The van der Waals surface area contributed by atoms with Gasteiger partial charge in [-0.2, -0.15) is 0 Å². The Morgan fingerprint density at radius 1 is 0.322 bits per heavy atom. The van der Waals surface area contributed by atoms with Gasteiger partial charge in [0, 0.05) is 27.1 Å². The van der Waals surface area contributed by atoms with Crippen molar-refractivity contribution in [2.75, 3.05) is 0 Å². The number of rotatable bonds is 2. The number of fused-ring (bicyclic) bond motifs is 17. The molecule has 14 rings (SSSR count). The molecule has 1 aromatic heterocycles. The summed E-state index contributed by atoms with van der Waals surface area (Å²) in [5, 5.41) is 6.90. The lowest BCUT2D eigenvalue weighted by Gasteiger charge is -2.30. The molecule has 2 nitrogen and oxygen atoms in total. The average molecular weight is 749 g/mol. The quantitative estimate of drug-likeness (QED) is 0.176. The molecule has 1 spiro atoms.